The van der Waals surface area contributed by atoms with E-state index in [1.54, 1.807) is 0 Å². The van der Waals surface area contributed by atoms with E-state index in [2.05, 4.69) is 104 Å². The molecule has 0 aromatic heterocycles. The number of allylic oxidation sites excluding steroid dienone is 1. The van der Waals surface area contributed by atoms with Crippen LogP contribution < -0.4 is 15.9 Å². The van der Waals surface area contributed by atoms with Crippen LogP contribution in [0.1, 0.15) is 26.2 Å². The second kappa shape index (κ2) is 9.37. The summed E-state index contributed by atoms with van der Waals surface area (Å²) in [6, 6.07) is 32.9. The van der Waals surface area contributed by atoms with Crippen molar-refractivity contribution in [2.45, 2.75) is 26.2 Å². The molecule has 0 aliphatic carbocycles. The second-order valence-corrected chi connectivity index (χ2v) is 12.7. The Kier molecular flexibility index (Phi) is 7.64. The molecule has 32 heavy (non-hydrogen) atoms. The Hall–Kier alpha value is -2.16. The average Bonchev–Trinajstić information content (AvgIpc) is 2.73. The minimum absolute atomic E-state index is 1.07. The molecule has 3 aromatic carbocycles. The van der Waals surface area contributed by atoms with E-state index in [9.17, 15) is 25.2 Å². The van der Waals surface area contributed by atoms with Crippen LogP contribution in [0.25, 0.3) is 0 Å². The monoisotopic (exact) mass is 490 g/mol. The van der Waals surface area contributed by atoms with Crippen molar-refractivity contribution in [1.82, 2.24) is 0 Å². The molecule has 0 radical (unpaired) electrons. The normalized spacial score (nSPS) is 13.8. The third kappa shape index (κ3) is 8.07. The fourth-order valence-corrected chi connectivity index (χ4v) is 7.84. The molecular formula is C24H26F6P2. The molecule has 0 aliphatic heterocycles. The summed E-state index contributed by atoms with van der Waals surface area (Å²) in [4.78, 5) is 0. The molecular weight excluding hydrogens is 464 g/mol. The van der Waals surface area contributed by atoms with Crippen molar-refractivity contribution < 1.29 is 25.2 Å². The number of halogens is 6. The summed E-state index contributed by atoms with van der Waals surface area (Å²) in [7, 11) is -12.5. The predicted molar refractivity (Wildman–Crippen MR) is 127 cm³/mol. The number of benzene rings is 3. The maximum absolute atomic E-state index is 10.7. The van der Waals surface area contributed by atoms with Gasteiger partial charge in [0.25, 0.3) is 0 Å². The second-order valence-electron chi connectivity index (χ2n) is 7.31. The van der Waals surface area contributed by atoms with Crippen LogP contribution in [0.15, 0.2) is 103 Å². The van der Waals surface area contributed by atoms with E-state index >= 15 is 0 Å². The summed E-state index contributed by atoms with van der Waals surface area (Å²) >= 11 is 0. The Morgan fingerprint density at radius 3 is 1.19 bits per heavy atom. The van der Waals surface area contributed by atoms with E-state index in [0.29, 0.717) is 0 Å². The summed E-state index contributed by atoms with van der Waals surface area (Å²) in [5, 5.41) is 5.56. The van der Waals surface area contributed by atoms with E-state index in [1.165, 1.54) is 34.1 Å². The number of hydrogen-bond acceptors (Lipinski definition) is 0. The van der Waals surface area contributed by atoms with Gasteiger partial charge in [-0.3, -0.25) is 0 Å². The SMILES string of the molecule is C=C(CCCC)[P+](c1ccccc1)(c1ccccc1)c1ccccc1.F[P-](F)(F)(F)(F)F. The van der Waals surface area contributed by atoms with Crippen molar-refractivity contribution in [2.24, 2.45) is 0 Å². The van der Waals surface area contributed by atoms with Crippen LogP contribution in [0, 0.1) is 0 Å². The zero-order chi connectivity index (χ0) is 23.9. The molecule has 3 aromatic rings. The van der Waals surface area contributed by atoms with E-state index < -0.39 is 15.1 Å². The summed E-state index contributed by atoms with van der Waals surface area (Å²) in [6.45, 7) is 6.89. The van der Waals surface area contributed by atoms with Gasteiger partial charge in [-0.1, -0.05) is 74.5 Å². The molecule has 0 N–H and O–H groups in total. The molecule has 0 atom stereocenters. The Morgan fingerprint density at radius 2 is 0.938 bits per heavy atom. The van der Waals surface area contributed by atoms with Gasteiger partial charge >= 0.3 is 33.0 Å². The van der Waals surface area contributed by atoms with Gasteiger partial charge in [-0.25, -0.2) is 0 Å². The number of rotatable bonds is 7. The molecule has 0 unspecified atom stereocenters. The van der Waals surface area contributed by atoms with Crippen molar-refractivity contribution in [3.05, 3.63) is 103 Å². The number of unbranched alkanes of at least 4 members (excludes halogenated alkanes) is 1. The van der Waals surface area contributed by atoms with Gasteiger partial charge in [-0.15, -0.1) is 0 Å². The van der Waals surface area contributed by atoms with Gasteiger partial charge in [0.2, 0.25) is 0 Å². The topological polar surface area (TPSA) is 0 Å². The van der Waals surface area contributed by atoms with Crippen LogP contribution in [0.5, 0.6) is 0 Å². The Bertz CT molecular complexity index is 895. The van der Waals surface area contributed by atoms with Crippen molar-refractivity contribution in [1.29, 1.82) is 0 Å². The van der Waals surface area contributed by atoms with E-state index in [1.807, 2.05) is 0 Å². The standard InChI is InChI=1S/C24H26P.F6P/c1-3-4-14-21(2)25(22-15-8-5-9-16-22,23-17-10-6-11-18-23)24-19-12-7-13-20-24;1-7(2,3,4,5)6/h5-13,15-20H,2-4,14H2,1H3;/q+1;-1. The van der Waals surface area contributed by atoms with Crippen LogP contribution in [-0.2, 0) is 0 Å². The van der Waals surface area contributed by atoms with Crippen LogP contribution in [0.3, 0.4) is 0 Å². The summed E-state index contributed by atoms with van der Waals surface area (Å²) in [5.41, 5.74) is 0. The van der Waals surface area contributed by atoms with E-state index in [4.69, 9.17) is 0 Å². The van der Waals surface area contributed by atoms with Gasteiger partial charge in [0.15, 0.2) is 0 Å². The molecule has 174 valence electrons. The van der Waals surface area contributed by atoms with Crippen molar-refractivity contribution in [2.75, 3.05) is 0 Å². The van der Waals surface area contributed by atoms with Crippen molar-refractivity contribution in [3.63, 3.8) is 0 Å². The van der Waals surface area contributed by atoms with Crippen molar-refractivity contribution in [3.8, 4) is 0 Å². The molecule has 0 bridgehead atoms. The van der Waals surface area contributed by atoms with Crippen LogP contribution >= 0.6 is 15.1 Å². The van der Waals surface area contributed by atoms with Crippen molar-refractivity contribution >= 4 is 31.0 Å². The van der Waals surface area contributed by atoms with Gasteiger partial charge in [-0.2, -0.15) is 0 Å². The van der Waals surface area contributed by atoms with Crippen LogP contribution in [0.2, 0.25) is 0 Å². The molecule has 3 rings (SSSR count). The summed E-state index contributed by atoms with van der Waals surface area (Å²) in [6.07, 6.45) is 3.45. The molecule has 0 heterocycles. The first kappa shape index (κ1) is 26.1. The van der Waals surface area contributed by atoms with Gasteiger partial charge in [0, 0.05) is 6.42 Å². The Morgan fingerprint density at radius 1 is 0.656 bits per heavy atom. The molecule has 0 aliphatic rings. The fraction of sp³-hybridized carbons (Fsp3) is 0.167. The molecule has 0 spiro atoms. The molecule has 8 heteroatoms. The van der Waals surface area contributed by atoms with Gasteiger partial charge in [-0.05, 0) is 42.8 Å². The summed E-state index contributed by atoms with van der Waals surface area (Å²) < 4.78 is 59.2. The average molecular weight is 490 g/mol. The zero-order valence-corrected chi connectivity index (χ0v) is 19.4. The third-order valence-electron chi connectivity index (χ3n) is 4.72. The molecule has 0 fully saturated rings. The first-order chi connectivity index (χ1) is 14.7. The quantitative estimate of drug-likeness (QED) is 0.229. The molecule has 0 saturated heterocycles. The van der Waals surface area contributed by atoms with Gasteiger partial charge in [0.1, 0.15) is 23.2 Å². The van der Waals surface area contributed by atoms with Gasteiger partial charge < -0.3 is 0 Å². The third-order valence-corrected chi connectivity index (χ3v) is 9.11. The number of hydrogen-bond donors (Lipinski definition) is 0. The molecule has 0 amide bonds. The van der Waals surface area contributed by atoms with E-state index in [0.717, 1.165) is 6.42 Å². The van der Waals surface area contributed by atoms with Crippen LogP contribution in [0.4, 0.5) is 25.2 Å². The van der Waals surface area contributed by atoms with Crippen LogP contribution in [-0.4, -0.2) is 0 Å². The van der Waals surface area contributed by atoms with Gasteiger partial charge in [0.05, 0.1) is 5.31 Å². The first-order valence-corrected chi connectivity index (χ1v) is 13.9. The Labute approximate surface area is 185 Å². The fourth-order valence-electron chi connectivity index (χ4n) is 3.50. The van der Waals surface area contributed by atoms with E-state index in [-0.39, 0.29) is 0 Å². The Balaban J connectivity index is 0.000000451. The maximum atomic E-state index is 9.87. The predicted octanol–water partition coefficient (Wildman–Crippen LogP) is 9.07. The molecule has 0 saturated carbocycles. The minimum atomic E-state index is -10.7. The molecule has 0 nitrogen and oxygen atoms in total. The summed E-state index contributed by atoms with van der Waals surface area (Å²) in [5.74, 6) is 0. The first-order valence-electron chi connectivity index (χ1n) is 10.1. The zero-order valence-electron chi connectivity index (χ0n) is 17.7.